The molecule has 0 fully saturated rings. The maximum absolute atomic E-state index is 14.2. The van der Waals surface area contributed by atoms with Crippen molar-refractivity contribution in [1.29, 1.82) is 0 Å². The average molecular weight is 337 g/mol. The number of hydrogen-bond donors (Lipinski definition) is 0. The van der Waals surface area contributed by atoms with Gasteiger partial charge in [-0.2, -0.15) is 9.67 Å². The summed E-state index contributed by atoms with van der Waals surface area (Å²) in [6, 6.07) is 5.52. The lowest BCUT2D eigenvalue weighted by Crippen LogP contribution is -2.13. The minimum absolute atomic E-state index is 0.211. The van der Waals surface area contributed by atoms with E-state index in [4.69, 9.17) is 0 Å². The molecule has 4 rings (SSSR count). The van der Waals surface area contributed by atoms with E-state index in [1.165, 1.54) is 4.68 Å². The molecule has 1 aliphatic carbocycles. The van der Waals surface area contributed by atoms with Crippen LogP contribution in [0.15, 0.2) is 60.3 Å². The molecule has 0 saturated carbocycles. The molecule has 126 valence electrons. The van der Waals surface area contributed by atoms with Crippen LogP contribution in [0.4, 0.5) is 4.39 Å². The van der Waals surface area contributed by atoms with Crippen LogP contribution in [0.5, 0.6) is 0 Å². The zero-order valence-corrected chi connectivity index (χ0v) is 13.6. The number of nitrogens with zero attached hydrogens (tertiary/aromatic N) is 7. The summed E-state index contributed by atoms with van der Waals surface area (Å²) in [7, 11) is 0. The molecule has 1 aliphatic rings. The van der Waals surface area contributed by atoms with E-state index >= 15 is 0 Å². The van der Waals surface area contributed by atoms with Crippen molar-refractivity contribution in [3.05, 3.63) is 60.3 Å². The maximum atomic E-state index is 14.2. The summed E-state index contributed by atoms with van der Waals surface area (Å²) >= 11 is 0. The van der Waals surface area contributed by atoms with Gasteiger partial charge in [-0.3, -0.25) is 4.98 Å². The van der Waals surface area contributed by atoms with Crippen LogP contribution in [0.3, 0.4) is 0 Å². The fourth-order valence-electron chi connectivity index (χ4n) is 2.73. The highest BCUT2D eigenvalue weighted by molar-refractivity contribution is 5.49. The zero-order valence-electron chi connectivity index (χ0n) is 13.6. The van der Waals surface area contributed by atoms with Gasteiger partial charge in [-0.25, -0.2) is 9.07 Å². The van der Waals surface area contributed by atoms with Gasteiger partial charge < -0.3 is 0 Å². The quantitative estimate of drug-likeness (QED) is 0.732. The first kappa shape index (κ1) is 15.4. The van der Waals surface area contributed by atoms with E-state index in [-0.39, 0.29) is 12.4 Å². The number of halogens is 1. The zero-order chi connectivity index (χ0) is 17.2. The van der Waals surface area contributed by atoms with Gasteiger partial charge in [0.2, 0.25) is 5.82 Å². The van der Waals surface area contributed by atoms with Crippen LogP contribution in [0.2, 0.25) is 0 Å². The molecule has 1 unspecified atom stereocenters. The molecule has 0 N–H and O–H groups in total. The Kier molecular flexibility index (Phi) is 3.93. The molecule has 0 aromatic carbocycles. The van der Waals surface area contributed by atoms with Gasteiger partial charge in [0.15, 0.2) is 0 Å². The summed E-state index contributed by atoms with van der Waals surface area (Å²) in [6.07, 6.45) is 9.17. The Morgan fingerprint density at radius 3 is 2.96 bits per heavy atom. The number of pyridine rings is 1. The Morgan fingerprint density at radius 1 is 1.28 bits per heavy atom. The second-order valence-corrected chi connectivity index (χ2v) is 5.91. The summed E-state index contributed by atoms with van der Waals surface area (Å²) in [5.74, 6) is 1.01. The predicted octanol–water partition coefficient (Wildman–Crippen LogP) is 2.74. The SMILES string of the molecule is CC1C=C(Cn2nc(-c3ccccn3)nc2-n2ccnn2)C(F)=CC1. The molecule has 7 nitrogen and oxygen atoms in total. The standard InChI is InChI=1S/C17H16FN7/c1-12-5-6-14(18)13(10-12)11-25-17(24-9-8-20-23-24)21-16(22-25)15-4-2-3-7-19-15/h2-4,6-10,12H,5,11H2,1H3. The number of allylic oxidation sites excluding steroid dienone is 4. The molecule has 3 aromatic heterocycles. The van der Waals surface area contributed by atoms with E-state index in [0.717, 1.165) is 0 Å². The van der Waals surface area contributed by atoms with Gasteiger partial charge in [0.25, 0.3) is 5.95 Å². The fourth-order valence-corrected chi connectivity index (χ4v) is 2.73. The molecule has 0 spiro atoms. The minimum Gasteiger partial charge on any atom is -0.253 e. The minimum atomic E-state index is -0.211. The first-order chi connectivity index (χ1) is 12.2. The van der Waals surface area contributed by atoms with Crippen molar-refractivity contribution in [2.75, 3.05) is 0 Å². The van der Waals surface area contributed by atoms with E-state index in [0.29, 0.717) is 35.4 Å². The van der Waals surface area contributed by atoms with Gasteiger partial charge in [-0.15, -0.1) is 10.2 Å². The molecule has 8 heteroatoms. The van der Waals surface area contributed by atoms with Gasteiger partial charge in [0.1, 0.15) is 11.5 Å². The molecule has 0 radical (unpaired) electrons. The Morgan fingerprint density at radius 2 is 2.20 bits per heavy atom. The van der Waals surface area contributed by atoms with E-state index < -0.39 is 0 Å². The summed E-state index contributed by atoms with van der Waals surface area (Å²) in [6.45, 7) is 2.32. The molecule has 3 aromatic rings. The van der Waals surface area contributed by atoms with Crippen molar-refractivity contribution in [2.24, 2.45) is 5.92 Å². The lowest BCUT2D eigenvalue weighted by atomic mass is 9.97. The van der Waals surface area contributed by atoms with E-state index in [9.17, 15) is 4.39 Å². The van der Waals surface area contributed by atoms with Crippen LogP contribution >= 0.6 is 0 Å². The van der Waals surface area contributed by atoms with E-state index in [1.54, 1.807) is 29.3 Å². The Bertz CT molecular complexity index is 925. The second kappa shape index (κ2) is 6.39. The van der Waals surface area contributed by atoms with Crippen molar-refractivity contribution in [2.45, 2.75) is 19.9 Å². The average Bonchev–Trinajstić information content (AvgIpc) is 3.28. The van der Waals surface area contributed by atoms with Gasteiger partial charge in [0, 0.05) is 11.8 Å². The molecule has 0 saturated heterocycles. The maximum Gasteiger partial charge on any atom is 0.251 e. The summed E-state index contributed by atoms with van der Waals surface area (Å²) in [4.78, 5) is 8.79. The third-order valence-corrected chi connectivity index (χ3v) is 3.96. The number of hydrogen-bond acceptors (Lipinski definition) is 5. The van der Waals surface area contributed by atoms with Crippen molar-refractivity contribution >= 4 is 0 Å². The second-order valence-electron chi connectivity index (χ2n) is 5.91. The lowest BCUT2D eigenvalue weighted by molar-refractivity contribution is 0.555. The van der Waals surface area contributed by atoms with E-state index in [2.05, 4.69) is 32.3 Å². The van der Waals surface area contributed by atoms with Crippen molar-refractivity contribution in [1.82, 2.24) is 34.7 Å². The van der Waals surface area contributed by atoms with Crippen molar-refractivity contribution in [3.63, 3.8) is 0 Å². The Hall–Kier alpha value is -3.16. The molecule has 0 amide bonds. The van der Waals surface area contributed by atoms with Crippen LogP contribution in [-0.2, 0) is 6.54 Å². The Labute approximate surface area is 143 Å². The highest BCUT2D eigenvalue weighted by atomic mass is 19.1. The van der Waals surface area contributed by atoms with Crippen LogP contribution in [0.25, 0.3) is 17.5 Å². The van der Waals surface area contributed by atoms with Crippen LogP contribution in [0, 0.1) is 5.92 Å². The Balaban J connectivity index is 1.76. The summed E-state index contributed by atoms with van der Waals surface area (Å²) < 4.78 is 17.3. The fraction of sp³-hybridized carbons (Fsp3) is 0.235. The van der Waals surface area contributed by atoms with Gasteiger partial charge >= 0.3 is 0 Å². The normalized spacial score (nSPS) is 17.3. The summed E-state index contributed by atoms with van der Waals surface area (Å²) in [5, 5.41) is 12.3. The largest absolute Gasteiger partial charge is 0.253 e. The number of aromatic nitrogens is 7. The van der Waals surface area contributed by atoms with Gasteiger partial charge in [-0.1, -0.05) is 24.3 Å². The molecule has 0 aliphatic heterocycles. The van der Waals surface area contributed by atoms with Gasteiger partial charge in [0.05, 0.1) is 18.9 Å². The monoisotopic (exact) mass is 337 g/mol. The predicted molar refractivity (Wildman–Crippen MR) is 89.2 cm³/mol. The highest BCUT2D eigenvalue weighted by Gasteiger charge is 2.19. The highest BCUT2D eigenvalue weighted by Crippen LogP contribution is 2.26. The van der Waals surface area contributed by atoms with Crippen LogP contribution in [0.1, 0.15) is 13.3 Å². The molecule has 3 heterocycles. The molecule has 0 bridgehead atoms. The number of rotatable bonds is 4. The van der Waals surface area contributed by atoms with Crippen molar-refractivity contribution in [3.8, 4) is 17.5 Å². The van der Waals surface area contributed by atoms with Gasteiger partial charge in [-0.05, 0) is 30.5 Å². The lowest BCUT2D eigenvalue weighted by Gasteiger charge is -2.15. The van der Waals surface area contributed by atoms with Crippen LogP contribution in [-0.4, -0.2) is 34.7 Å². The molecule has 25 heavy (non-hydrogen) atoms. The molecular formula is C17H16FN7. The van der Waals surface area contributed by atoms with Crippen LogP contribution < -0.4 is 0 Å². The first-order valence-corrected chi connectivity index (χ1v) is 8.00. The van der Waals surface area contributed by atoms with E-state index in [1.807, 2.05) is 24.3 Å². The van der Waals surface area contributed by atoms with Crippen molar-refractivity contribution < 1.29 is 4.39 Å². The third kappa shape index (κ3) is 3.10. The molecular weight excluding hydrogens is 321 g/mol. The first-order valence-electron chi connectivity index (χ1n) is 8.00. The topological polar surface area (TPSA) is 74.3 Å². The smallest absolute Gasteiger partial charge is 0.251 e. The summed E-state index contributed by atoms with van der Waals surface area (Å²) in [5.41, 5.74) is 1.24. The third-order valence-electron chi connectivity index (χ3n) is 3.96. The molecule has 1 atom stereocenters.